The Morgan fingerprint density at radius 2 is 1.33 bits per heavy atom. The summed E-state index contributed by atoms with van der Waals surface area (Å²) >= 11 is 0. The van der Waals surface area contributed by atoms with Gasteiger partial charge in [-0.2, -0.15) is 0 Å². The van der Waals surface area contributed by atoms with Gasteiger partial charge in [0.1, 0.15) is 36.6 Å². The Bertz CT molecular complexity index is 1500. The van der Waals surface area contributed by atoms with Gasteiger partial charge in [0.05, 0.1) is 79.7 Å². The Balaban J connectivity index is 0.884. The van der Waals surface area contributed by atoms with E-state index in [4.69, 9.17) is 52.1 Å². The highest BCUT2D eigenvalue weighted by Crippen LogP contribution is 2.54. The summed E-state index contributed by atoms with van der Waals surface area (Å²) in [6, 6.07) is 0. The summed E-state index contributed by atoms with van der Waals surface area (Å²) in [7, 11) is 0. The van der Waals surface area contributed by atoms with Crippen LogP contribution in [0.4, 0.5) is 0 Å². The molecule has 0 aromatic carbocycles. The smallest absolute Gasteiger partial charge is 0.308 e. The standard InChI is InChI=1S/C42H58O12/c1-19-13-23-5-7-26-20(2)14-25(45-26)9-11-42-18-33-38(53-42)39-40(51-33)41(54-42)37-28(50-39)8-6-24(47-37)15-34(43)52-36-22(4)35-32(17-30-27(49-35)10-12-44-30)48-31(36)16-29(46-23)21(19)3/h19,22-33,35-41H,2-3,5-18H2,1,4H3/t19-,22+,23+,24-,25+,26+,27-,28+,29-,30-,31+,32+,33+,35+,36-,37+,38+,39+,40-,41+,42+/m1/s1. The molecule has 12 rings (SSSR count). The Morgan fingerprint density at radius 1 is 0.574 bits per heavy atom. The molecule has 0 radical (unpaired) electrons. The molecule has 0 unspecified atom stereocenters. The van der Waals surface area contributed by atoms with E-state index in [9.17, 15) is 4.79 Å². The van der Waals surface area contributed by atoms with E-state index >= 15 is 0 Å². The highest BCUT2D eigenvalue weighted by atomic mass is 16.8. The van der Waals surface area contributed by atoms with E-state index in [1.807, 2.05) is 0 Å². The summed E-state index contributed by atoms with van der Waals surface area (Å²) in [5, 5.41) is 0. The van der Waals surface area contributed by atoms with Crippen LogP contribution >= 0.6 is 0 Å². The zero-order valence-corrected chi connectivity index (χ0v) is 31.8. The number of carbonyl (C=O) groups excluding carboxylic acids is 1. The summed E-state index contributed by atoms with van der Waals surface area (Å²) in [4.78, 5) is 14.1. The molecule has 0 saturated carbocycles. The van der Waals surface area contributed by atoms with E-state index < -0.39 is 11.9 Å². The van der Waals surface area contributed by atoms with Gasteiger partial charge in [0.15, 0.2) is 5.79 Å². The topological polar surface area (TPSA) is 119 Å². The van der Waals surface area contributed by atoms with Gasteiger partial charge in [-0.1, -0.05) is 27.0 Å². The van der Waals surface area contributed by atoms with Gasteiger partial charge in [-0.05, 0) is 68.4 Å². The van der Waals surface area contributed by atoms with Crippen LogP contribution in [0, 0.1) is 11.8 Å². The van der Waals surface area contributed by atoms with Crippen molar-refractivity contribution in [3.63, 3.8) is 0 Å². The molecular formula is C42H58O12. The van der Waals surface area contributed by atoms with Crippen LogP contribution in [0.25, 0.3) is 0 Å². The van der Waals surface area contributed by atoms with Crippen LogP contribution in [-0.2, 0) is 56.9 Å². The van der Waals surface area contributed by atoms with E-state index in [1.54, 1.807) is 0 Å². The van der Waals surface area contributed by atoms with Crippen molar-refractivity contribution in [1.29, 1.82) is 0 Å². The maximum atomic E-state index is 14.1. The van der Waals surface area contributed by atoms with Gasteiger partial charge in [-0.15, -0.1) is 0 Å². The SMILES string of the molecule is C=C1C[C@@H]2CC[C@@]34C[C@@H]5O[C@@H]6[C@@H](O[C@H]7CC[C@H](CC(=O)O[C@@H]8[C@@H](C)[C@@H]9O[C@@H]%10CCO[C@@H]%10C[C@@H]9O[C@H]8C[C@H]8O[C@@H](CC[C@@H]1O2)C[C@@H](C)C8=C)O[C@@H]7[C@@H]6O3)[C@H]5O4. The number of ether oxygens (including phenoxy) is 11. The summed E-state index contributed by atoms with van der Waals surface area (Å²) in [6.07, 6.45) is 6.35. The maximum absolute atomic E-state index is 14.1. The quantitative estimate of drug-likeness (QED) is 0.254. The van der Waals surface area contributed by atoms with Gasteiger partial charge < -0.3 is 52.1 Å². The van der Waals surface area contributed by atoms with Gasteiger partial charge in [-0.3, -0.25) is 4.79 Å². The Hall–Kier alpha value is -1.45. The number of hydrogen-bond acceptors (Lipinski definition) is 12. The van der Waals surface area contributed by atoms with Crippen LogP contribution in [0.2, 0.25) is 0 Å². The van der Waals surface area contributed by atoms with Crippen LogP contribution in [0.3, 0.4) is 0 Å². The van der Waals surface area contributed by atoms with Crippen molar-refractivity contribution in [2.75, 3.05) is 6.61 Å². The molecule has 12 aliphatic rings. The van der Waals surface area contributed by atoms with Gasteiger partial charge in [0.2, 0.25) is 0 Å². The normalized spacial score (nSPS) is 56.7. The fourth-order valence-corrected chi connectivity index (χ4v) is 12.3. The Labute approximate surface area is 318 Å². The predicted molar refractivity (Wildman–Crippen MR) is 189 cm³/mol. The highest BCUT2D eigenvalue weighted by molar-refractivity contribution is 5.70. The lowest BCUT2D eigenvalue weighted by Gasteiger charge is -2.50. The Morgan fingerprint density at radius 3 is 2.24 bits per heavy atom. The molecule has 12 bridgehead atoms. The second kappa shape index (κ2) is 13.6. The summed E-state index contributed by atoms with van der Waals surface area (Å²) in [6.45, 7) is 14.1. The molecule has 54 heavy (non-hydrogen) atoms. The van der Waals surface area contributed by atoms with Crippen LogP contribution in [0.5, 0.6) is 0 Å². The lowest BCUT2D eigenvalue weighted by Crippen LogP contribution is -2.62. The number of esters is 1. The fraction of sp³-hybridized carbons (Fsp3) is 0.881. The van der Waals surface area contributed by atoms with Crippen molar-refractivity contribution >= 4 is 5.97 Å². The van der Waals surface area contributed by atoms with Gasteiger partial charge in [0.25, 0.3) is 0 Å². The number of fused-ring (bicyclic) bond motifs is 8. The molecule has 12 aliphatic heterocycles. The van der Waals surface area contributed by atoms with E-state index in [0.29, 0.717) is 38.2 Å². The molecule has 12 fully saturated rings. The van der Waals surface area contributed by atoms with E-state index in [1.165, 1.54) is 0 Å². The second-order valence-electron chi connectivity index (χ2n) is 18.6. The second-order valence-corrected chi connectivity index (χ2v) is 18.6. The molecule has 298 valence electrons. The van der Waals surface area contributed by atoms with Crippen LogP contribution in [0.15, 0.2) is 24.3 Å². The van der Waals surface area contributed by atoms with Crippen molar-refractivity contribution in [3.8, 4) is 0 Å². The van der Waals surface area contributed by atoms with Gasteiger partial charge in [-0.25, -0.2) is 0 Å². The zero-order valence-electron chi connectivity index (χ0n) is 31.8. The van der Waals surface area contributed by atoms with Crippen molar-refractivity contribution in [3.05, 3.63) is 24.3 Å². The van der Waals surface area contributed by atoms with Crippen LogP contribution < -0.4 is 0 Å². The molecular weight excluding hydrogens is 696 g/mol. The molecule has 12 heterocycles. The minimum absolute atomic E-state index is 0.00610. The molecule has 21 atom stereocenters. The van der Waals surface area contributed by atoms with Crippen molar-refractivity contribution in [1.82, 2.24) is 0 Å². The highest BCUT2D eigenvalue weighted by Gasteiger charge is 2.69. The van der Waals surface area contributed by atoms with Crippen molar-refractivity contribution < 1.29 is 56.9 Å². The first-order chi connectivity index (χ1) is 26.2. The third kappa shape index (κ3) is 6.02. The molecule has 0 N–H and O–H groups in total. The third-order valence-corrected chi connectivity index (χ3v) is 15.1. The van der Waals surface area contributed by atoms with E-state index in [2.05, 4.69) is 27.0 Å². The number of carbonyl (C=O) groups is 1. The van der Waals surface area contributed by atoms with Gasteiger partial charge >= 0.3 is 5.97 Å². The fourth-order valence-electron chi connectivity index (χ4n) is 12.3. The lowest BCUT2D eigenvalue weighted by molar-refractivity contribution is -0.293. The average molecular weight is 755 g/mol. The summed E-state index contributed by atoms with van der Waals surface area (Å²) in [5.74, 6) is -0.859. The minimum Gasteiger partial charge on any atom is -0.459 e. The molecule has 0 amide bonds. The zero-order chi connectivity index (χ0) is 36.5. The van der Waals surface area contributed by atoms with Crippen LogP contribution in [0.1, 0.15) is 97.3 Å². The van der Waals surface area contributed by atoms with Crippen molar-refractivity contribution in [2.45, 2.75) is 213 Å². The molecule has 1 spiro atoms. The summed E-state index contributed by atoms with van der Waals surface area (Å²) in [5.41, 5.74) is 2.23. The predicted octanol–water partition coefficient (Wildman–Crippen LogP) is 4.63. The largest absolute Gasteiger partial charge is 0.459 e. The maximum Gasteiger partial charge on any atom is 0.308 e. The van der Waals surface area contributed by atoms with Crippen molar-refractivity contribution in [2.24, 2.45) is 11.8 Å². The Kier molecular flexibility index (Phi) is 8.96. The number of hydrogen-bond donors (Lipinski definition) is 0. The molecule has 12 saturated heterocycles. The molecule has 0 aliphatic carbocycles. The first kappa shape index (κ1) is 35.7. The molecule has 0 aromatic heterocycles. The van der Waals surface area contributed by atoms with Crippen LogP contribution in [-0.4, -0.2) is 128 Å². The van der Waals surface area contributed by atoms with E-state index in [-0.39, 0.29) is 122 Å². The molecule has 0 aromatic rings. The monoisotopic (exact) mass is 754 g/mol. The van der Waals surface area contributed by atoms with Gasteiger partial charge in [0, 0.05) is 38.2 Å². The minimum atomic E-state index is -0.782. The van der Waals surface area contributed by atoms with E-state index in [0.717, 1.165) is 62.5 Å². The first-order valence-electron chi connectivity index (χ1n) is 21.3. The number of rotatable bonds is 0. The lowest BCUT2D eigenvalue weighted by atomic mass is 9.79. The summed E-state index contributed by atoms with van der Waals surface area (Å²) < 4.78 is 73.6. The first-order valence-corrected chi connectivity index (χ1v) is 21.3. The molecule has 12 nitrogen and oxygen atoms in total. The molecule has 12 heteroatoms. The average Bonchev–Trinajstić information content (AvgIpc) is 3.88. The third-order valence-electron chi connectivity index (χ3n) is 15.1.